The summed E-state index contributed by atoms with van der Waals surface area (Å²) in [6, 6.07) is 3.33. The van der Waals surface area contributed by atoms with Crippen LogP contribution in [0.3, 0.4) is 0 Å². The average molecular weight is 245 g/mol. The molecule has 3 heterocycles. The Morgan fingerprint density at radius 2 is 2.17 bits per heavy atom. The third-order valence-electron chi connectivity index (χ3n) is 2.47. The summed E-state index contributed by atoms with van der Waals surface area (Å²) in [5.41, 5.74) is -0.997. The summed E-state index contributed by atoms with van der Waals surface area (Å²) < 4.78 is 6.04. The van der Waals surface area contributed by atoms with Gasteiger partial charge in [0.05, 0.1) is 6.26 Å². The second kappa shape index (κ2) is 3.62. The molecule has 0 radical (unpaired) electrons. The SMILES string of the molecule is Cn1c(=O)[nH]c2nnc(-c3ccco3)nc2c1=O. The maximum absolute atomic E-state index is 11.9. The third kappa shape index (κ3) is 1.43. The predicted octanol–water partition coefficient (Wildman–Crippen LogP) is -0.328. The van der Waals surface area contributed by atoms with Crippen molar-refractivity contribution in [2.75, 3.05) is 0 Å². The molecule has 3 aromatic rings. The molecule has 0 fully saturated rings. The van der Waals surface area contributed by atoms with Gasteiger partial charge in [0.15, 0.2) is 16.9 Å². The van der Waals surface area contributed by atoms with Crippen molar-refractivity contribution in [2.24, 2.45) is 7.05 Å². The van der Waals surface area contributed by atoms with Gasteiger partial charge in [0.2, 0.25) is 5.82 Å². The summed E-state index contributed by atoms with van der Waals surface area (Å²) >= 11 is 0. The standard InChI is InChI=1S/C10H7N5O3/c1-15-9(16)6-8(12-10(15)17)14-13-7(11-6)5-3-2-4-18-5/h2-4H,1H3,(H,12,14,17). The Morgan fingerprint density at radius 1 is 1.33 bits per heavy atom. The van der Waals surface area contributed by atoms with Gasteiger partial charge in [0, 0.05) is 7.05 Å². The molecule has 0 amide bonds. The molecule has 0 aliphatic carbocycles. The lowest BCUT2D eigenvalue weighted by Gasteiger charge is -1.99. The fourth-order valence-corrected chi connectivity index (χ4v) is 1.51. The van der Waals surface area contributed by atoms with Crippen LogP contribution in [0.5, 0.6) is 0 Å². The van der Waals surface area contributed by atoms with Crippen molar-refractivity contribution in [1.29, 1.82) is 0 Å². The van der Waals surface area contributed by atoms with Crippen LogP contribution in [-0.4, -0.2) is 24.7 Å². The van der Waals surface area contributed by atoms with Crippen LogP contribution in [-0.2, 0) is 7.05 Å². The van der Waals surface area contributed by atoms with E-state index < -0.39 is 11.2 Å². The zero-order chi connectivity index (χ0) is 12.7. The molecule has 0 aromatic carbocycles. The largest absolute Gasteiger partial charge is 0.461 e. The van der Waals surface area contributed by atoms with Crippen molar-refractivity contribution in [3.63, 3.8) is 0 Å². The number of hydrogen-bond acceptors (Lipinski definition) is 6. The molecule has 0 saturated heterocycles. The van der Waals surface area contributed by atoms with E-state index in [2.05, 4.69) is 20.2 Å². The van der Waals surface area contributed by atoms with E-state index in [0.29, 0.717) is 5.76 Å². The Kier molecular flexibility index (Phi) is 2.09. The van der Waals surface area contributed by atoms with Gasteiger partial charge in [-0.1, -0.05) is 0 Å². The summed E-state index contributed by atoms with van der Waals surface area (Å²) in [4.78, 5) is 29.7. The number of fused-ring (bicyclic) bond motifs is 1. The van der Waals surface area contributed by atoms with Crippen molar-refractivity contribution in [3.8, 4) is 11.6 Å². The van der Waals surface area contributed by atoms with E-state index in [1.807, 2.05) is 0 Å². The topological polar surface area (TPSA) is 107 Å². The predicted molar refractivity (Wildman–Crippen MR) is 60.9 cm³/mol. The lowest BCUT2D eigenvalue weighted by atomic mass is 10.4. The van der Waals surface area contributed by atoms with Crippen LogP contribution in [0.25, 0.3) is 22.7 Å². The summed E-state index contributed by atoms with van der Waals surface area (Å²) in [7, 11) is 1.36. The molecule has 3 aromatic heterocycles. The molecule has 0 aliphatic heterocycles. The van der Waals surface area contributed by atoms with Crippen molar-refractivity contribution in [3.05, 3.63) is 39.2 Å². The van der Waals surface area contributed by atoms with Crippen LogP contribution in [0, 0.1) is 0 Å². The molecule has 0 bridgehead atoms. The van der Waals surface area contributed by atoms with Crippen LogP contribution in [0.4, 0.5) is 0 Å². The molecule has 3 rings (SSSR count). The van der Waals surface area contributed by atoms with Gasteiger partial charge < -0.3 is 4.42 Å². The number of H-pyrrole nitrogens is 1. The fraction of sp³-hybridized carbons (Fsp3) is 0.100. The Labute approximate surface area is 98.9 Å². The molecule has 8 nitrogen and oxygen atoms in total. The van der Waals surface area contributed by atoms with E-state index >= 15 is 0 Å². The first-order valence-corrected chi connectivity index (χ1v) is 5.04. The molecule has 1 N–H and O–H groups in total. The highest BCUT2D eigenvalue weighted by atomic mass is 16.3. The maximum Gasteiger partial charge on any atom is 0.329 e. The molecule has 8 heteroatoms. The zero-order valence-electron chi connectivity index (χ0n) is 9.25. The van der Waals surface area contributed by atoms with Crippen LogP contribution in [0.15, 0.2) is 32.4 Å². The van der Waals surface area contributed by atoms with Gasteiger partial charge in [0.25, 0.3) is 5.56 Å². The number of nitrogens with zero attached hydrogens (tertiary/aromatic N) is 4. The number of nitrogens with one attached hydrogen (secondary N) is 1. The average Bonchev–Trinajstić information content (AvgIpc) is 2.90. The lowest BCUT2D eigenvalue weighted by molar-refractivity contribution is 0.576. The van der Waals surface area contributed by atoms with Crippen LogP contribution in [0.2, 0.25) is 0 Å². The van der Waals surface area contributed by atoms with Gasteiger partial charge in [-0.15, -0.1) is 10.2 Å². The molecule has 0 atom stereocenters. The van der Waals surface area contributed by atoms with Crippen molar-refractivity contribution in [2.45, 2.75) is 0 Å². The van der Waals surface area contributed by atoms with Gasteiger partial charge >= 0.3 is 5.69 Å². The second-order valence-corrected chi connectivity index (χ2v) is 3.60. The minimum Gasteiger partial charge on any atom is -0.461 e. The number of aromatic amines is 1. The Hall–Kier alpha value is -2.77. The lowest BCUT2D eigenvalue weighted by Crippen LogP contribution is -2.33. The van der Waals surface area contributed by atoms with Crippen molar-refractivity contribution < 1.29 is 4.42 Å². The first-order chi connectivity index (χ1) is 8.66. The van der Waals surface area contributed by atoms with Crippen LogP contribution < -0.4 is 11.2 Å². The van der Waals surface area contributed by atoms with E-state index in [0.717, 1.165) is 4.57 Å². The first kappa shape index (κ1) is 10.4. The molecular formula is C10H7N5O3. The van der Waals surface area contributed by atoms with Crippen LogP contribution in [0.1, 0.15) is 0 Å². The van der Waals surface area contributed by atoms with Crippen molar-refractivity contribution in [1.82, 2.24) is 24.7 Å². The van der Waals surface area contributed by atoms with Gasteiger partial charge in [0.1, 0.15) is 0 Å². The summed E-state index contributed by atoms with van der Waals surface area (Å²) in [5.74, 6) is 0.592. The molecular weight excluding hydrogens is 238 g/mol. The van der Waals surface area contributed by atoms with Gasteiger partial charge in [-0.05, 0) is 12.1 Å². The molecule has 18 heavy (non-hydrogen) atoms. The maximum atomic E-state index is 11.9. The first-order valence-electron chi connectivity index (χ1n) is 5.04. The summed E-state index contributed by atoms with van der Waals surface area (Å²) in [5, 5.41) is 7.55. The van der Waals surface area contributed by atoms with Gasteiger partial charge in [-0.3, -0.25) is 14.3 Å². The minimum atomic E-state index is -0.561. The number of aromatic nitrogens is 5. The Balaban J connectivity index is 2.37. The van der Waals surface area contributed by atoms with E-state index in [1.54, 1.807) is 12.1 Å². The fourth-order valence-electron chi connectivity index (χ4n) is 1.51. The highest BCUT2D eigenvalue weighted by Crippen LogP contribution is 2.14. The molecule has 0 aliphatic rings. The van der Waals surface area contributed by atoms with Gasteiger partial charge in [-0.2, -0.15) is 0 Å². The Morgan fingerprint density at radius 3 is 2.89 bits per heavy atom. The van der Waals surface area contributed by atoms with E-state index in [1.165, 1.54) is 13.3 Å². The second-order valence-electron chi connectivity index (χ2n) is 3.60. The van der Waals surface area contributed by atoms with Gasteiger partial charge in [-0.25, -0.2) is 9.78 Å². The molecule has 0 saturated carbocycles. The number of rotatable bonds is 1. The normalized spacial score (nSPS) is 10.9. The summed E-state index contributed by atoms with van der Waals surface area (Å²) in [6.45, 7) is 0. The minimum absolute atomic E-state index is 0.0403. The molecule has 90 valence electrons. The highest BCUT2D eigenvalue weighted by Gasteiger charge is 2.11. The quantitative estimate of drug-likeness (QED) is 0.629. The molecule has 0 spiro atoms. The van der Waals surface area contributed by atoms with E-state index in [9.17, 15) is 9.59 Å². The monoisotopic (exact) mass is 245 g/mol. The Bertz CT molecular complexity index is 831. The van der Waals surface area contributed by atoms with Crippen molar-refractivity contribution >= 4 is 11.2 Å². The summed E-state index contributed by atoms with van der Waals surface area (Å²) in [6.07, 6.45) is 1.47. The van der Waals surface area contributed by atoms with E-state index in [4.69, 9.17) is 4.42 Å². The van der Waals surface area contributed by atoms with Crippen LogP contribution >= 0.6 is 0 Å². The third-order valence-corrected chi connectivity index (χ3v) is 2.47. The smallest absolute Gasteiger partial charge is 0.329 e. The number of hydrogen-bond donors (Lipinski definition) is 1. The van der Waals surface area contributed by atoms with E-state index in [-0.39, 0.29) is 17.0 Å². The number of furan rings is 1. The highest BCUT2D eigenvalue weighted by molar-refractivity contribution is 5.69. The molecule has 0 unspecified atom stereocenters. The zero-order valence-corrected chi connectivity index (χ0v) is 9.25.